The maximum Gasteiger partial charge on any atom is 0.392 e. The molecule has 0 aliphatic heterocycles. The van der Waals surface area contributed by atoms with Gasteiger partial charge < -0.3 is 4.74 Å². The summed E-state index contributed by atoms with van der Waals surface area (Å²) in [7, 11) is 2.39. The molecular formula is C9H9NO5. The number of aromatic nitrogens is 1. The molecule has 15 heavy (non-hydrogen) atoms. The molecule has 0 amide bonds. The van der Waals surface area contributed by atoms with E-state index in [-0.39, 0.29) is 11.3 Å². The highest BCUT2D eigenvalue weighted by molar-refractivity contribution is 6.01. The van der Waals surface area contributed by atoms with Gasteiger partial charge in [0.05, 0.1) is 19.8 Å². The van der Waals surface area contributed by atoms with Crippen LogP contribution < -0.4 is 0 Å². The number of hydrogen-bond acceptors (Lipinski definition) is 6. The van der Waals surface area contributed by atoms with Gasteiger partial charge in [0.2, 0.25) is 0 Å². The summed E-state index contributed by atoms with van der Waals surface area (Å²) in [5.74, 6) is -1.51. The Hall–Kier alpha value is -1.95. The van der Waals surface area contributed by atoms with Crippen LogP contribution in [0.4, 0.5) is 0 Å². The van der Waals surface area contributed by atoms with Crippen molar-refractivity contribution in [2.75, 3.05) is 14.2 Å². The Morgan fingerprint density at radius 2 is 2.00 bits per heavy atom. The molecule has 0 unspecified atom stereocenters. The molecule has 80 valence electrons. The lowest BCUT2D eigenvalue weighted by atomic mass is 10.2. The van der Waals surface area contributed by atoms with Crippen LogP contribution in [0.3, 0.4) is 0 Å². The van der Waals surface area contributed by atoms with Gasteiger partial charge >= 0.3 is 11.9 Å². The van der Waals surface area contributed by atoms with Crippen LogP contribution in [0.5, 0.6) is 0 Å². The molecule has 0 aliphatic carbocycles. The molecule has 1 aromatic rings. The summed E-state index contributed by atoms with van der Waals surface area (Å²) < 4.78 is 4.48. The maximum absolute atomic E-state index is 11.3. The van der Waals surface area contributed by atoms with E-state index >= 15 is 0 Å². The van der Waals surface area contributed by atoms with Gasteiger partial charge in [-0.05, 0) is 12.1 Å². The van der Waals surface area contributed by atoms with Gasteiger partial charge in [0.1, 0.15) is 0 Å². The monoisotopic (exact) mass is 211 g/mol. The number of pyridine rings is 1. The molecule has 0 N–H and O–H groups in total. The molecule has 0 radical (unpaired) electrons. The first-order valence-electron chi connectivity index (χ1n) is 3.99. The lowest BCUT2D eigenvalue weighted by Crippen LogP contribution is -2.14. The summed E-state index contributed by atoms with van der Waals surface area (Å²) in [6.45, 7) is 0. The van der Waals surface area contributed by atoms with E-state index in [0.29, 0.717) is 0 Å². The van der Waals surface area contributed by atoms with Crippen LogP contribution >= 0.6 is 0 Å². The summed E-state index contributed by atoms with van der Waals surface area (Å²) in [4.78, 5) is 34.7. The second-order valence-corrected chi connectivity index (χ2v) is 2.43. The first-order chi connectivity index (χ1) is 7.20. The van der Waals surface area contributed by atoms with Crippen molar-refractivity contribution in [3.8, 4) is 0 Å². The van der Waals surface area contributed by atoms with Gasteiger partial charge in [-0.25, -0.2) is 14.6 Å². The van der Waals surface area contributed by atoms with Gasteiger partial charge in [-0.2, -0.15) is 4.89 Å². The molecule has 0 saturated heterocycles. The van der Waals surface area contributed by atoms with E-state index in [4.69, 9.17) is 0 Å². The Morgan fingerprint density at radius 3 is 2.60 bits per heavy atom. The largest absolute Gasteiger partial charge is 0.465 e. The van der Waals surface area contributed by atoms with Crippen molar-refractivity contribution in [2.45, 2.75) is 0 Å². The van der Waals surface area contributed by atoms with Crippen molar-refractivity contribution < 1.29 is 24.1 Å². The van der Waals surface area contributed by atoms with E-state index in [2.05, 4.69) is 19.5 Å². The Kier molecular flexibility index (Phi) is 3.75. The minimum Gasteiger partial charge on any atom is -0.465 e. The fourth-order valence-electron chi connectivity index (χ4n) is 0.958. The number of carbonyl (C=O) groups excluding carboxylic acids is 2. The number of methoxy groups -OCH3 is 1. The average Bonchev–Trinajstić information content (AvgIpc) is 2.28. The van der Waals surface area contributed by atoms with E-state index < -0.39 is 11.9 Å². The zero-order chi connectivity index (χ0) is 11.3. The van der Waals surface area contributed by atoms with Crippen molar-refractivity contribution in [1.82, 2.24) is 4.98 Å². The summed E-state index contributed by atoms with van der Waals surface area (Å²) in [6.07, 6.45) is 1.36. The molecule has 6 nitrogen and oxygen atoms in total. The predicted octanol–water partition coefficient (Wildman–Crippen LogP) is 0.586. The minimum absolute atomic E-state index is 0.0297. The van der Waals surface area contributed by atoms with Gasteiger partial charge in [0, 0.05) is 6.20 Å². The number of nitrogens with zero attached hydrogens (tertiary/aromatic N) is 1. The Morgan fingerprint density at radius 1 is 1.27 bits per heavy atom. The molecule has 1 heterocycles. The van der Waals surface area contributed by atoms with Gasteiger partial charge in [0.15, 0.2) is 5.69 Å². The number of hydrogen-bond donors (Lipinski definition) is 0. The number of esters is 1. The van der Waals surface area contributed by atoms with Gasteiger partial charge in [-0.1, -0.05) is 0 Å². The normalized spacial score (nSPS) is 9.47. The van der Waals surface area contributed by atoms with Crippen LogP contribution in [0, 0.1) is 0 Å². The van der Waals surface area contributed by atoms with E-state index in [1.165, 1.54) is 32.5 Å². The number of rotatable bonds is 3. The van der Waals surface area contributed by atoms with Gasteiger partial charge in [-0.3, -0.25) is 4.89 Å². The van der Waals surface area contributed by atoms with Crippen molar-refractivity contribution in [2.24, 2.45) is 0 Å². The predicted molar refractivity (Wildman–Crippen MR) is 48.0 cm³/mol. The molecule has 0 saturated carbocycles. The highest BCUT2D eigenvalue weighted by Gasteiger charge is 2.20. The second kappa shape index (κ2) is 5.06. The van der Waals surface area contributed by atoms with Crippen LogP contribution in [0.1, 0.15) is 20.8 Å². The van der Waals surface area contributed by atoms with Crippen molar-refractivity contribution >= 4 is 11.9 Å². The first kappa shape index (κ1) is 11.1. The molecule has 0 fully saturated rings. The SMILES string of the molecule is COOC(=O)c1ncccc1C(=O)OC. The minimum atomic E-state index is -0.849. The third-order valence-corrected chi connectivity index (χ3v) is 1.57. The number of carbonyl (C=O) groups is 2. The summed E-state index contributed by atoms with van der Waals surface area (Å²) in [6, 6.07) is 2.92. The molecule has 0 spiro atoms. The van der Waals surface area contributed by atoms with E-state index in [9.17, 15) is 9.59 Å². The first-order valence-corrected chi connectivity index (χ1v) is 3.99. The third kappa shape index (κ3) is 2.50. The standard InChI is InChI=1S/C9H9NO5/c1-13-8(11)6-4-3-5-10-7(6)9(12)15-14-2/h3-5H,1-2H3. The smallest absolute Gasteiger partial charge is 0.392 e. The summed E-state index contributed by atoms with van der Waals surface area (Å²) in [5, 5.41) is 0. The van der Waals surface area contributed by atoms with E-state index in [0.717, 1.165) is 0 Å². The van der Waals surface area contributed by atoms with E-state index in [1.54, 1.807) is 0 Å². The second-order valence-electron chi connectivity index (χ2n) is 2.43. The maximum atomic E-state index is 11.3. The summed E-state index contributed by atoms with van der Waals surface area (Å²) >= 11 is 0. The van der Waals surface area contributed by atoms with Gasteiger partial charge in [0.25, 0.3) is 0 Å². The zero-order valence-electron chi connectivity index (χ0n) is 8.22. The zero-order valence-corrected chi connectivity index (χ0v) is 8.22. The summed E-state index contributed by atoms with van der Waals surface area (Å²) in [5.41, 5.74) is -0.117. The van der Waals surface area contributed by atoms with Crippen molar-refractivity contribution in [3.63, 3.8) is 0 Å². The van der Waals surface area contributed by atoms with E-state index in [1.807, 2.05) is 0 Å². The Balaban J connectivity index is 3.06. The van der Waals surface area contributed by atoms with Crippen LogP contribution in [0.15, 0.2) is 18.3 Å². The molecular weight excluding hydrogens is 202 g/mol. The Bertz CT molecular complexity index is 377. The average molecular weight is 211 g/mol. The highest BCUT2D eigenvalue weighted by atomic mass is 17.2. The van der Waals surface area contributed by atoms with Crippen LogP contribution in [0.2, 0.25) is 0 Å². The topological polar surface area (TPSA) is 74.7 Å². The molecule has 0 aromatic carbocycles. The Labute approximate surface area is 85.7 Å². The lowest BCUT2D eigenvalue weighted by molar-refractivity contribution is -0.216. The fraction of sp³-hybridized carbons (Fsp3) is 0.222. The fourth-order valence-corrected chi connectivity index (χ4v) is 0.958. The molecule has 0 bridgehead atoms. The third-order valence-electron chi connectivity index (χ3n) is 1.57. The van der Waals surface area contributed by atoms with Crippen LogP contribution in [-0.4, -0.2) is 31.1 Å². The molecule has 1 rings (SSSR count). The molecule has 0 atom stereocenters. The van der Waals surface area contributed by atoms with Crippen LogP contribution in [-0.2, 0) is 14.5 Å². The van der Waals surface area contributed by atoms with Crippen molar-refractivity contribution in [3.05, 3.63) is 29.6 Å². The quantitative estimate of drug-likeness (QED) is 0.413. The number of ether oxygens (including phenoxy) is 1. The van der Waals surface area contributed by atoms with Crippen molar-refractivity contribution in [1.29, 1.82) is 0 Å². The van der Waals surface area contributed by atoms with Gasteiger partial charge in [-0.15, -0.1) is 0 Å². The highest BCUT2D eigenvalue weighted by Crippen LogP contribution is 2.08. The molecule has 1 aromatic heterocycles. The lowest BCUT2D eigenvalue weighted by Gasteiger charge is -2.04. The molecule has 0 aliphatic rings. The van der Waals surface area contributed by atoms with Crippen LogP contribution in [0.25, 0.3) is 0 Å². The molecule has 6 heteroatoms.